The number of benzene rings is 2. The summed E-state index contributed by atoms with van der Waals surface area (Å²) in [5.74, 6) is -1.07. The van der Waals surface area contributed by atoms with Gasteiger partial charge in [0.25, 0.3) is 15.9 Å². The molecular weight excluding hydrogens is 425 g/mol. The predicted octanol–water partition coefficient (Wildman–Crippen LogP) is 2.26. The van der Waals surface area contributed by atoms with Crippen molar-refractivity contribution < 1.29 is 22.3 Å². The van der Waals surface area contributed by atoms with Gasteiger partial charge >= 0.3 is 0 Å². The Morgan fingerprint density at radius 2 is 1.90 bits per heavy atom. The van der Waals surface area contributed by atoms with Gasteiger partial charge in [-0.25, -0.2) is 12.8 Å². The van der Waals surface area contributed by atoms with E-state index in [2.05, 4.69) is 10.3 Å². The highest BCUT2D eigenvalue weighted by atomic mass is 32.2. The zero-order valence-electron chi connectivity index (χ0n) is 17.0. The number of rotatable bonds is 8. The SMILES string of the molecule is CCN(c1ccc(F)cc1)S(=O)(=O)c1ccc2[nH]cc(C(=O)NCCOC)c(=O)c2c1. The molecule has 0 bridgehead atoms. The number of aromatic nitrogens is 1. The molecule has 31 heavy (non-hydrogen) atoms. The molecule has 0 spiro atoms. The van der Waals surface area contributed by atoms with E-state index in [-0.39, 0.29) is 35.5 Å². The zero-order valence-corrected chi connectivity index (χ0v) is 17.8. The van der Waals surface area contributed by atoms with Crippen molar-refractivity contribution in [2.24, 2.45) is 0 Å². The van der Waals surface area contributed by atoms with Crippen molar-refractivity contribution in [2.45, 2.75) is 11.8 Å². The molecule has 3 rings (SSSR count). The first-order valence-electron chi connectivity index (χ1n) is 9.50. The van der Waals surface area contributed by atoms with E-state index in [1.165, 1.54) is 55.8 Å². The van der Waals surface area contributed by atoms with Gasteiger partial charge < -0.3 is 15.0 Å². The lowest BCUT2D eigenvalue weighted by Gasteiger charge is -2.23. The molecule has 3 aromatic rings. The molecule has 0 fully saturated rings. The molecular formula is C21H22FN3O5S. The van der Waals surface area contributed by atoms with Crippen molar-refractivity contribution in [1.82, 2.24) is 10.3 Å². The first kappa shape index (κ1) is 22.4. The zero-order chi connectivity index (χ0) is 22.6. The number of nitrogens with one attached hydrogen (secondary N) is 2. The standard InChI is InChI=1S/C21H22FN3O5S/c1-3-25(15-6-4-14(22)5-7-15)31(28,29)16-8-9-19-17(12-16)20(26)18(13-24-19)21(27)23-10-11-30-2/h4-9,12-13H,3,10-11H2,1-2H3,(H,23,27)(H,24,26). The Morgan fingerprint density at radius 3 is 2.55 bits per heavy atom. The Labute approximate surface area is 178 Å². The molecule has 0 unspecified atom stereocenters. The van der Waals surface area contributed by atoms with Crippen molar-refractivity contribution in [1.29, 1.82) is 0 Å². The van der Waals surface area contributed by atoms with Gasteiger partial charge in [-0.3, -0.25) is 13.9 Å². The molecule has 0 saturated heterocycles. The number of ether oxygens (including phenoxy) is 1. The topological polar surface area (TPSA) is 109 Å². The molecule has 0 aliphatic heterocycles. The van der Waals surface area contributed by atoms with E-state index in [1.54, 1.807) is 6.92 Å². The summed E-state index contributed by atoms with van der Waals surface area (Å²) in [7, 11) is -2.55. The predicted molar refractivity (Wildman–Crippen MR) is 115 cm³/mol. The number of fused-ring (bicyclic) bond motifs is 1. The Kier molecular flexibility index (Phi) is 6.71. The lowest BCUT2D eigenvalue weighted by Crippen LogP contribution is -2.32. The largest absolute Gasteiger partial charge is 0.383 e. The summed E-state index contributed by atoms with van der Waals surface area (Å²) >= 11 is 0. The highest BCUT2D eigenvalue weighted by molar-refractivity contribution is 7.92. The van der Waals surface area contributed by atoms with Crippen LogP contribution in [-0.4, -0.2) is 46.1 Å². The second-order valence-corrected chi connectivity index (χ2v) is 8.50. The fraction of sp³-hybridized carbons (Fsp3) is 0.238. The maximum atomic E-state index is 13.2. The van der Waals surface area contributed by atoms with E-state index < -0.39 is 27.2 Å². The minimum Gasteiger partial charge on any atom is -0.383 e. The quantitative estimate of drug-likeness (QED) is 0.515. The lowest BCUT2D eigenvalue weighted by atomic mass is 10.1. The first-order chi connectivity index (χ1) is 14.8. The van der Waals surface area contributed by atoms with Crippen molar-refractivity contribution in [3.8, 4) is 0 Å². The molecule has 0 aliphatic carbocycles. The Balaban J connectivity index is 2.04. The molecule has 164 valence electrons. The number of nitrogens with zero attached hydrogens (tertiary/aromatic N) is 1. The Hall–Kier alpha value is -3.24. The van der Waals surface area contributed by atoms with Crippen LogP contribution in [-0.2, 0) is 14.8 Å². The highest BCUT2D eigenvalue weighted by Crippen LogP contribution is 2.25. The number of carbonyl (C=O) groups is 1. The van der Waals surface area contributed by atoms with Gasteiger partial charge in [-0.2, -0.15) is 0 Å². The number of amides is 1. The summed E-state index contributed by atoms with van der Waals surface area (Å²) in [6.07, 6.45) is 1.29. The van der Waals surface area contributed by atoms with Gasteiger partial charge in [0.1, 0.15) is 11.4 Å². The first-order valence-corrected chi connectivity index (χ1v) is 10.9. The minimum atomic E-state index is -4.03. The van der Waals surface area contributed by atoms with Gasteiger partial charge in [0.15, 0.2) is 0 Å². The number of sulfonamides is 1. The summed E-state index contributed by atoms with van der Waals surface area (Å²) in [5, 5.41) is 2.63. The molecule has 1 heterocycles. The van der Waals surface area contributed by atoms with E-state index in [4.69, 9.17) is 4.74 Å². The molecule has 0 atom stereocenters. The molecule has 1 amide bonds. The van der Waals surface area contributed by atoms with Crippen LogP contribution >= 0.6 is 0 Å². The van der Waals surface area contributed by atoms with Gasteiger partial charge in [-0.05, 0) is 49.4 Å². The lowest BCUT2D eigenvalue weighted by molar-refractivity contribution is 0.0936. The van der Waals surface area contributed by atoms with Crippen LogP contribution in [0.1, 0.15) is 17.3 Å². The third-order valence-electron chi connectivity index (χ3n) is 4.68. The number of methoxy groups -OCH3 is 1. The fourth-order valence-corrected chi connectivity index (χ4v) is 4.61. The van der Waals surface area contributed by atoms with Crippen molar-refractivity contribution in [3.05, 3.63) is 70.3 Å². The van der Waals surface area contributed by atoms with Gasteiger partial charge in [-0.1, -0.05) is 0 Å². The Morgan fingerprint density at radius 1 is 1.19 bits per heavy atom. The molecule has 2 N–H and O–H groups in total. The summed E-state index contributed by atoms with van der Waals surface area (Å²) in [6.45, 7) is 2.27. The summed E-state index contributed by atoms with van der Waals surface area (Å²) < 4.78 is 45.7. The molecule has 0 radical (unpaired) electrons. The number of hydrogen-bond donors (Lipinski definition) is 2. The summed E-state index contributed by atoms with van der Waals surface area (Å²) in [6, 6.07) is 9.16. The third-order valence-corrected chi connectivity index (χ3v) is 6.58. The van der Waals surface area contributed by atoms with Crippen LogP contribution < -0.4 is 15.1 Å². The average molecular weight is 447 g/mol. The molecule has 0 saturated carbocycles. The van der Waals surface area contributed by atoms with Crippen LogP contribution in [0.15, 0.2) is 58.4 Å². The van der Waals surface area contributed by atoms with E-state index in [0.29, 0.717) is 11.2 Å². The van der Waals surface area contributed by atoms with Gasteiger partial charge in [-0.15, -0.1) is 0 Å². The number of aromatic amines is 1. The van der Waals surface area contributed by atoms with Crippen LogP contribution in [0.3, 0.4) is 0 Å². The third kappa shape index (κ3) is 4.59. The number of halogens is 1. The molecule has 2 aromatic carbocycles. The minimum absolute atomic E-state index is 0.0654. The van der Waals surface area contributed by atoms with Crippen LogP contribution in [0.25, 0.3) is 10.9 Å². The van der Waals surface area contributed by atoms with Crippen molar-refractivity contribution in [3.63, 3.8) is 0 Å². The van der Waals surface area contributed by atoms with Gasteiger partial charge in [0.2, 0.25) is 5.43 Å². The number of anilines is 1. The number of pyridine rings is 1. The van der Waals surface area contributed by atoms with Crippen LogP contribution in [0.2, 0.25) is 0 Å². The summed E-state index contributed by atoms with van der Waals surface area (Å²) in [4.78, 5) is 27.9. The van der Waals surface area contributed by atoms with Crippen molar-refractivity contribution >= 4 is 32.5 Å². The van der Waals surface area contributed by atoms with Crippen LogP contribution in [0.4, 0.5) is 10.1 Å². The highest BCUT2D eigenvalue weighted by Gasteiger charge is 2.25. The monoisotopic (exact) mass is 447 g/mol. The number of carbonyl (C=O) groups excluding carboxylic acids is 1. The van der Waals surface area contributed by atoms with E-state index >= 15 is 0 Å². The molecule has 0 aliphatic rings. The van der Waals surface area contributed by atoms with E-state index in [0.717, 1.165) is 4.31 Å². The fourth-order valence-electron chi connectivity index (χ4n) is 3.11. The second kappa shape index (κ2) is 9.27. The van der Waals surface area contributed by atoms with Crippen molar-refractivity contribution in [2.75, 3.05) is 31.1 Å². The van der Waals surface area contributed by atoms with E-state index in [9.17, 15) is 22.4 Å². The van der Waals surface area contributed by atoms with Gasteiger partial charge in [0.05, 0.1) is 17.2 Å². The van der Waals surface area contributed by atoms with Gasteiger partial charge in [0, 0.05) is 37.3 Å². The normalized spacial score (nSPS) is 11.5. The second-order valence-electron chi connectivity index (χ2n) is 6.63. The number of hydrogen-bond acceptors (Lipinski definition) is 5. The number of H-pyrrole nitrogens is 1. The molecule has 8 nitrogen and oxygen atoms in total. The maximum Gasteiger partial charge on any atom is 0.264 e. The van der Waals surface area contributed by atoms with Crippen LogP contribution in [0, 0.1) is 5.82 Å². The Bertz CT molecular complexity index is 1260. The molecule has 10 heteroatoms. The summed E-state index contributed by atoms with van der Waals surface area (Å²) in [5.41, 5.74) is -0.0408. The average Bonchev–Trinajstić information content (AvgIpc) is 2.75. The van der Waals surface area contributed by atoms with Crippen LogP contribution in [0.5, 0.6) is 0 Å². The smallest absolute Gasteiger partial charge is 0.264 e. The maximum absolute atomic E-state index is 13.2. The van der Waals surface area contributed by atoms with E-state index in [1.807, 2.05) is 0 Å². The molecule has 1 aromatic heterocycles.